The molecule has 1 saturated heterocycles. The molecular weight excluding hydrogens is 449 g/mol. The first-order valence-electron chi connectivity index (χ1n) is 11.4. The zero-order chi connectivity index (χ0) is 24.0. The number of halogens is 1. The van der Waals surface area contributed by atoms with Crippen molar-refractivity contribution in [3.63, 3.8) is 0 Å². The van der Waals surface area contributed by atoms with Gasteiger partial charge in [-0.2, -0.15) is 4.39 Å². The zero-order valence-electron chi connectivity index (χ0n) is 19.5. The number of anilines is 2. The summed E-state index contributed by atoms with van der Waals surface area (Å²) in [4.78, 5) is 36.4. The first kappa shape index (κ1) is 25.4. The van der Waals surface area contributed by atoms with E-state index in [1.165, 1.54) is 11.8 Å². The molecule has 33 heavy (non-hydrogen) atoms. The average molecular weight is 484 g/mol. The summed E-state index contributed by atoms with van der Waals surface area (Å²) in [6, 6.07) is 0.248. The van der Waals surface area contributed by atoms with Gasteiger partial charge in [-0.25, -0.2) is 15.0 Å². The van der Waals surface area contributed by atoms with E-state index < -0.39 is 17.6 Å². The van der Waals surface area contributed by atoms with E-state index in [1.54, 1.807) is 6.26 Å². The normalized spacial score (nSPS) is 20.5. The lowest BCUT2D eigenvalue weighted by atomic mass is 9.92. The van der Waals surface area contributed by atoms with Crippen molar-refractivity contribution in [3.8, 4) is 0 Å². The molecule has 184 valence electrons. The Balaban J connectivity index is 1.72. The summed E-state index contributed by atoms with van der Waals surface area (Å²) in [5.41, 5.74) is 5.15. The number of thioether (sulfide) groups is 1. The van der Waals surface area contributed by atoms with Crippen molar-refractivity contribution in [3.05, 3.63) is 5.82 Å². The molecule has 1 aromatic heterocycles. The van der Waals surface area contributed by atoms with Crippen LogP contribution in [0.2, 0.25) is 0 Å². The molecule has 0 aromatic carbocycles. The highest BCUT2D eigenvalue weighted by Crippen LogP contribution is 2.31. The molecule has 0 unspecified atom stereocenters. The topological polar surface area (TPSA) is 114 Å². The van der Waals surface area contributed by atoms with Crippen LogP contribution in [0.4, 0.5) is 16.0 Å². The van der Waals surface area contributed by atoms with E-state index in [4.69, 9.17) is 0 Å². The van der Waals surface area contributed by atoms with Gasteiger partial charge in [0.25, 0.3) is 0 Å². The largest absolute Gasteiger partial charge is 0.351 e. The van der Waals surface area contributed by atoms with Crippen LogP contribution in [0.1, 0.15) is 39.0 Å². The number of aromatic nitrogens is 2. The standard InChI is InChI=1S/C21H34FN7O3S/c1-14-11-28(9-8-27(14)2)19-17(22)18(23-21(24-19)33-3)25-26-20(31)16(12-29(32)13-30)10-15-6-4-5-7-15/h13-16,32H,4-12H2,1-3H3,(H,26,31)(H,23,24,25)/t14-,16-/m0/s1. The maximum Gasteiger partial charge on any atom is 0.243 e. The molecule has 0 radical (unpaired) electrons. The Labute approximate surface area is 198 Å². The quantitative estimate of drug-likeness (QED) is 0.151. The van der Waals surface area contributed by atoms with Crippen molar-refractivity contribution >= 4 is 35.7 Å². The number of hydrazine groups is 1. The highest BCUT2D eigenvalue weighted by atomic mass is 32.2. The highest BCUT2D eigenvalue weighted by Gasteiger charge is 2.29. The second kappa shape index (κ2) is 11.8. The minimum Gasteiger partial charge on any atom is -0.351 e. The average Bonchev–Trinajstić information content (AvgIpc) is 3.32. The lowest BCUT2D eigenvalue weighted by Gasteiger charge is -2.38. The van der Waals surface area contributed by atoms with Gasteiger partial charge in [0.05, 0.1) is 12.5 Å². The van der Waals surface area contributed by atoms with E-state index in [0.29, 0.717) is 35.6 Å². The fraction of sp³-hybridized carbons (Fsp3) is 0.714. The predicted molar refractivity (Wildman–Crippen MR) is 124 cm³/mol. The lowest BCUT2D eigenvalue weighted by Crippen LogP contribution is -2.50. The minimum absolute atomic E-state index is 0.111. The molecule has 2 atom stereocenters. The summed E-state index contributed by atoms with van der Waals surface area (Å²) >= 11 is 1.29. The van der Waals surface area contributed by atoms with Crippen LogP contribution in [-0.2, 0) is 9.59 Å². The number of rotatable bonds is 10. The molecule has 1 saturated carbocycles. The Morgan fingerprint density at radius 1 is 1.36 bits per heavy atom. The maximum atomic E-state index is 15.3. The molecule has 3 rings (SSSR count). The van der Waals surface area contributed by atoms with Gasteiger partial charge in [-0.05, 0) is 32.6 Å². The summed E-state index contributed by atoms with van der Waals surface area (Å²) in [6.45, 7) is 4.01. The maximum absolute atomic E-state index is 15.3. The summed E-state index contributed by atoms with van der Waals surface area (Å²) in [5.74, 6) is -1.23. The molecule has 2 fully saturated rings. The van der Waals surface area contributed by atoms with Crippen LogP contribution in [0.5, 0.6) is 0 Å². The third-order valence-electron chi connectivity index (χ3n) is 6.55. The Hall–Kier alpha value is -2.18. The number of nitrogens with zero attached hydrogens (tertiary/aromatic N) is 5. The summed E-state index contributed by atoms with van der Waals surface area (Å²) < 4.78 is 15.3. The SMILES string of the molecule is CSc1nc(NNC(=O)[C@@H](CC2CCCC2)CN(O)C=O)c(F)c(N2CCN(C)[C@@H](C)C2)n1. The predicted octanol–water partition coefficient (Wildman–Crippen LogP) is 1.97. The van der Waals surface area contributed by atoms with E-state index in [0.717, 1.165) is 32.2 Å². The van der Waals surface area contributed by atoms with Crippen LogP contribution < -0.4 is 15.8 Å². The molecule has 0 spiro atoms. The molecule has 1 aliphatic carbocycles. The van der Waals surface area contributed by atoms with Gasteiger partial charge in [0.2, 0.25) is 18.1 Å². The molecule has 0 bridgehead atoms. The molecule has 2 aliphatic rings. The van der Waals surface area contributed by atoms with Crippen molar-refractivity contribution in [1.29, 1.82) is 0 Å². The monoisotopic (exact) mass is 483 g/mol. The van der Waals surface area contributed by atoms with Gasteiger partial charge < -0.3 is 9.80 Å². The first-order chi connectivity index (χ1) is 15.8. The van der Waals surface area contributed by atoms with Gasteiger partial charge in [-0.1, -0.05) is 37.4 Å². The van der Waals surface area contributed by atoms with Gasteiger partial charge in [-0.3, -0.25) is 25.6 Å². The molecule has 3 N–H and O–H groups in total. The Morgan fingerprint density at radius 2 is 2.09 bits per heavy atom. The fourth-order valence-electron chi connectivity index (χ4n) is 4.44. The smallest absolute Gasteiger partial charge is 0.243 e. The summed E-state index contributed by atoms with van der Waals surface area (Å²) in [6.07, 6.45) is 6.91. The Bertz CT molecular complexity index is 827. The van der Waals surface area contributed by atoms with E-state index in [-0.39, 0.29) is 30.6 Å². The van der Waals surface area contributed by atoms with Gasteiger partial charge in [0.15, 0.2) is 16.8 Å². The molecule has 12 heteroatoms. The Kier molecular flexibility index (Phi) is 9.10. The number of amides is 2. The molecule has 2 amide bonds. The minimum atomic E-state index is -0.631. The number of hydroxylamine groups is 2. The number of piperazine rings is 1. The lowest BCUT2D eigenvalue weighted by molar-refractivity contribution is -0.154. The van der Waals surface area contributed by atoms with Crippen molar-refractivity contribution in [1.82, 2.24) is 25.4 Å². The molecule has 1 aromatic rings. The van der Waals surface area contributed by atoms with Gasteiger partial charge in [0.1, 0.15) is 0 Å². The van der Waals surface area contributed by atoms with Crippen molar-refractivity contribution in [2.75, 3.05) is 49.8 Å². The van der Waals surface area contributed by atoms with E-state index in [9.17, 15) is 14.8 Å². The molecule has 1 aliphatic heterocycles. The number of hydrogen-bond acceptors (Lipinski definition) is 9. The second-order valence-corrected chi connectivity index (χ2v) is 9.67. The molecule has 10 nitrogen and oxygen atoms in total. The van der Waals surface area contributed by atoms with Crippen molar-refractivity contribution in [2.24, 2.45) is 11.8 Å². The van der Waals surface area contributed by atoms with Gasteiger partial charge >= 0.3 is 0 Å². The number of carbonyl (C=O) groups excluding carboxylic acids is 2. The third kappa shape index (κ3) is 6.67. The second-order valence-electron chi connectivity index (χ2n) is 8.90. The number of carbonyl (C=O) groups is 2. The van der Waals surface area contributed by atoms with E-state index >= 15 is 4.39 Å². The van der Waals surface area contributed by atoms with Crippen LogP contribution in [0.3, 0.4) is 0 Å². The highest BCUT2D eigenvalue weighted by molar-refractivity contribution is 7.98. The van der Waals surface area contributed by atoms with Crippen LogP contribution in [0, 0.1) is 17.7 Å². The third-order valence-corrected chi connectivity index (χ3v) is 7.10. The fourth-order valence-corrected chi connectivity index (χ4v) is 4.80. The zero-order valence-corrected chi connectivity index (χ0v) is 20.3. The van der Waals surface area contributed by atoms with Crippen LogP contribution >= 0.6 is 11.8 Å². The van der Waals surface area contributed by atoms with Crippen LogP contribution in [0.25, 0.3) is 0 Å². The van der Waals surface area contributed by atoms with Crippen molar-refractivity contribution < 1.29 is 19.2 Å². The number of nitrogens with one attached hydrogen (secondary N) is 2. The number of hydrogen-bond donors (Lipinski definition) is 3. The van der Waals surface area contributed by atoms with E-state index in [2.05, 4.69) is 32.6 Å². The Morgan fingerprint density at radius 3 is 2.73 bits per heavy atom. The summed E-state index contributed by atoms with van der Waals surface area (Å²) in [7, 11) is 2.04. The van der Waals surface area contributed by atoms with Gasteiger partial charge in [-0.15, -0.1) is 0 Å². The first-order valence-corrected chi connectivity index (χ1v) is 12.6. The van der Waals surface area contributed by atoms with Gasteiger partial charge in [0, 0.05) is 25.7 Å². The van der Waals surface area contributed by atoms with E-state index in [1.807, 2.05) is 11.9 Å². The van der Waals surface area contributed by atoms with Crippen LogP contribution in [0.15, 0.2) is 5.16 Å². The number of likely N-dealkylation sites (N-methyl/N-ethyl adjacent to an activating group) is 1. The van der Waals surface area contributed by atoms with Crippen LogP contribution in [-0.4, -0.2) is 83.0 Å². The molecule has 2 heterocycles. The summed E-state index contributed by atoms with van der Waals surface area (Å²) in [5, 5.41) is 10.5. The van der Waals surface area contributed by atoms with Crippen molar-refractivity contribution in [2.45, 2.75) is 50.2 Å². The molecular formula is C21H34FN7O3S.